The van der Waals surface area contributed by atoms with Gasteiger partial charge in [-0.3, -0.25) is 4.99 Å². The van der Waals surface area contributed by atoms with Crippen molar-refractivity contribution >= 4 is 11.9 Å². The van der Waals surface area contributed by atoms with Crippen molar-refractivity contribution in [2.45, 2.75) is 38.5 Å². The highest BCUT2D eigenvalue weighted by molar-refractivity contribution is 5.80. The summed E-state index contributed by atoms with van der Waals surface area (Å²) < 4.78 is 39.9. The van der Waals surface area contributed by atoms with Gasteiger partial charge in [-0.15, -0.1) is 0 Å². The van der Waals surface area contributed by atoms with Gasteiger partial charge in [0.15, 0.2) is 5.96 Å². The van der Waals surface area contributed by atoms with Crippen LogP contribution in [0.15, 0.2) is 23.6 Å². The minimum Gasteiger partial charge on any atom is -0.357 e. The Kier molecular flexibility index (Phi) is 6.26. The highest BCUT2D eigenvalue weighted by atomic mass is 19.4. The van der Waals surface area contributed by atoms with Gasteiger partial charge in [0.25, 0.3) is 0 Å². The Morgan fingerprint density at radius 1 is 1.36 bits per heavy atom. The lowest BCUT2D eigenvalue weighted by Gasteiger charge is -2.25. The summed E-state index contributed by atoms with van der Waals surface area (Å²) in [5, 5.41) is 13.5. The number of rotatable bonds is 6. The Morgan fingerprint density at radius 2 is 2.21 bits per heavy atom. The topological polar surface area (TPSA) is 105 Å². The molecule has 3 N–H and O–H groups in total. The number of hydrogen-bond donors (Lipinski definition) is 3. The average molecular weight is 397 g/mol. The van der Waals surface area contributed by atoms with Crippen LogP contribution in [0.3, 0.4) is 0 Å². The third kappa shape index (κ3) is 5.30. The number of guanidine groups is 1. The van der Waals surface area contributed by atoms with Gasteiger partial charge >= 0.3 is 6.18 Å². The molecule has 0 aromatic carbocycles. The van der Waals surface area contributed by atoms with E-state index < -0.39 is 11.9 Å². The van der Waals surface area contributed by atoms with Gasteiger partial charge in [0.05, 0.1) is 13.1 Å². The summed E-state index contributed by atoms with van der Waals surface area (Å²) >= 11 is 0. The Balaban J connectivity index is 1.51. The zero-order chi connectivity index (χ0) is 20.0. The molecule has 0 saturated carbocycles. The van der Waals surface area contributed by atoms with Crippen molar-refractivity contribution in [3.63, 3.8) is 0 Å². The molecule has 0 fully saturated rings. The Bertz CT molecular complexity index is 803. The molecule has 3 rings (SSSR count). The van der Waals surface area contributed by atoms with E-state index >= 15 is 0 Å². The lowest BCUT2D eigenvalue weighted by Crippen LogP contribution is -2.47. The Morgan fingerprint density at radius 3 is 3.00 bits per heavy atom. The van der Waals surface area contributed by atoms with Crippen LogP contribution < -0.4 is 16.0 Å². The minimum atomic E-state index is -4.50. The SMILES string of the molecule is CCNC(=NCCNc1nccc(C(F)(F)F)n1)NC1CCc2ncnn2C1. The molecule has 9 nitrogen and oxygen atoms in total. The van der Waals surface area contributed by atoms with Crippen LogP contribution in [0.2, 0.25) is 0 Å². The molecule has 2 aromatic rings. The number of hydrogen-bond acceptors (Lipinski definition) is 6. The first-order valence-corrected chi connectivity index (χ1v) is 9.01. The first-order chi connectivity index (χ1) is 13.5. The number of aromatic nitrogens is 5. The van der Waals surface area contributed by atoms with Crippen molar-refractivity contribution in [1.82, 2.24) is 35.4 Å². The number of aliphatic imine (C=N–C) groups is 1. The largest absolute Gasteiger partial charge is 0.433 e. The maximum atomic E-state index is 12.7. The number of aryl methyl sites for hydroxylation is 1. The molecule has 0 radical (unpaired) electrons. The molecule has 152 valence electrons. The van der Waals surface area contributed by atoms with E-state index in [1.54, 1.807) is 6.33 Å². The molecule has 0 saturated heterocycles. The molecule has 3 heterocycles. The molecule has 0 spiro atoms. The maximum absolute atomic E-state index is 12.7. The van der Waals surface area contributed by atoms with Crippen molar-refractivity contribution in [2.75, 3.05) is 25.0 Å². The third-order valence-electron chi connectivity index (χ3n) is 4.10. The summed E-state index contributed by atoms with van der Waals surface area (Å²) in [6.45, 7) is 4.00. The maximum Gasteiger partial charge on any atom is 0.433 e. The zero-order valence-electron chi connectivity index (χ0n) is 15.4. The van der Waals surface area contributed by atoms with Crippen molar-refractivity contribution in [1.29, 1.82) is 0 Å². The number of alkyl halides is 3. The average Bonchev–Trinajstić information content (AvgIpc) is 3.13. The summed E-state index contributed by atoms with van der Waals surface area (Å²) in [6.07, 6.45) is -0.110. The van der Waals surface area contributed by atoms with Crippen LogP contribution in [0.1, 0.15) is 24.9 Å². The molecule has 1 aliphatic heterocycles. The predicted molar refractivity (Wildman–Crippen MR) is 96.8 cm³/mol. The van der Waals surface area contributed by atoms with E-state index in [2.05, 4.69) is 41.0 Å². The van der Waals surface area contributed by atoms with Gasteiger partial charge in [0, 0.05) is 31.7 Å². The van der Waals surface area contributed by atoms with Gasteiger partial charge in [-0.05, 0) is 19.4 Å². The number of nitrogens with zero attached hydrogens (tertiary/aromatic N) is 6. The summed E-state index contributed by atoms with van der Waals surface area (Å²) in [7, 11) is 0. The number of anilines is 1. The molecule has 0 bridgehead atoms. The van der Waals surface area contributed by atoms with Crippen molar-refractivity contribution in [2.24, 2.45) is 4.99 Å². The van der Waals surface area contributed by atoms with E-state index in [0.717, 1.165) is 30.9 Å². The van der Waals surface area contributed by atoms with E-state index in [4.69, 9.17) is 0 Å². The van der Waals surface area contributed by atoms with Crippen LogP contribution in [-0.2, 0) is 19.1 Å². The van der Waals surface area contributed by atoms with Crippen molar-refractivity contribution in [3.05, 3.63) is 30.1 Å². The second-order valence-corrected chi connectivity index (χ2v) is 6.19. The summed E-state index contributed by atoms with van der Waals surface area (Å²) in [6, 6.07) is 1.01. The first kappa shape index (κ1) is 19.8. The highest BCUT2D eigenvalue weighted by Crippen LogP contribution is 2.27. The molecule has 2 aromatic heterocycles. The molecular weight excluding hydrogens is 375 g/mol. The quantitative estimate of drug-likeness (QED) is 0.380. The standard InChI is InChI=1S/C16H22F3N9/c1-2-20-14(26-11-3-4-13-24-10-25-28(13)9-11)22-7-8-23-15-21-6-5-12(27-15)16(17,18)19/h5-6,10-11H,2-4,7-9H2,1H3,(H2,20,22,26)(H,21,23,27). The van der Waals surface area contributed by atoms with Gasteiger partial charge in [-0.1, -0.05) is 0 Å². The lowest BCUT2D eigenvalue weighted by molar-refractivity contribution is -0.141. The van der Waals surface area contributed by atoms with Crippen molar-refractivity contribution in [3.8, 4) is 0 Å². The van der Waals surface area contributed by atoms with Crippen LogP contribution >= 0.6 is 0 Å². The van der Waals surface area contributed by atoms with Crippen LogP contribution in [0, 0.1) is 0 Å². The van der Waals surface area contributed by atoms with Gasteiger partial charge in [-0.2, -0.15) is 18.3 Å². The van der Waals surface area contributed by atoms with E-state index in [0.29, 0.717) is 32.1 Å². The molecule has 1 aliphatic rings. The zero-order valence-corrected chi connectivity index (χ0v) is 15.4. The molecule has 12 heteroatoms. The van der Waals surface area contributed by atoms with Gasteiger partial charge in [0.2, 0.25) is 5.95 Å². The molecule has 0 aliphatic carbocycles. The summed E-state index contributed by atoms with van der Waals surface area (Å²) in [5.41, 5.74) is -0.978. The normalized spacial score (nSPS) is 17.1. The van der Waals surface area contributed by atoms with Gasteiger partial charge < -0.3 is 16.0 Å². The molecule has 1 unspecified atom stereocenters. The fraction of sp³-hybridized carbons (Fsp3) is 0.562. The smallest absolute Gasteiger partial charge is 0.357 e. The monoisotopic (exact) mass is 397 g/mol. The Hall–Kier alpha value is -2.92. The van der Waals surface area contributed by atoms with Crippen molar-refractivity contribution < 1.29 is 13.2 Å². The minimum absolute atomic E-state index is 0.0750. The third-order valence-corrected chi connectivity index (χ3v) is 4.10. The van der Waals surface area contributed by atoms with Crippen LogP contribution in [0.25, 0.3) is 0 Å². The Labute approximate surface area is 159 Å². The predicted octanol–water partition coefficient (Wildman–Crippen LogP) is 1.07. The number of fused-ring (bicyclic) bond motifs is 1. The van der Waals surface area contributed by atoms with E-state index in [1.807, 2.05) is 11.6 Å². The fourth-order valence-electron chi connectivity index (χ4n) is 2.81. The second kappa shape index (κ2) is 8.85. The molecular formula is C16H22F3N9. The summed E-state index contributed by atoms with van der Waals surface area (Å²) in [5.74, 6) is 1.54. The summed E-state index contributed by atoms with van der Waals surface area (Å²) in [4.78, 5) is 15.9. The van der Waals surface area contributed by atoms with Gasteiger partial charge in [-0.25, -0.2) is 19.6 Å². The second-order valence-electron chi connectivity index (χ2n) is 6.19. The van der Waals surface area contributed by atoms with E-state index in [9.17, 15) is 13.2 Å². The van der Waals surface area contributed by atoms with E-state index in [-0.39, 0.29) is 12.0 Å². The van der Waals surface area contributed by atoms with Crippen LogP contribution in [0.4, 0.5) is 19.1 Å². The van der Waals surface area contributed by atoms with E-state index in [1.165, 1.54) is 0 Å². The number of halogens is 3. The van der Waals surface area contributed by atoms with Crippen LogP contribution in [0.5, 0.6) is 0 Å². The van der Waals surface area contributed by atoms with Gasteiger partial charge in [0.1, 0.15) is 17.8 Å². The number of nitrogens with one attached hydrogen (secondary N) is 3. The molecule has 0 amide bonds. The molecule has 1 atom stereocenters. The molecule has 28 heavy (non-hydrogen) atoms. The van der Waals surface area contributed by atoms with Crippen LogP contribution in [-0.4, -0.2) is 56.4 Å². The fourth-order valence-corrected chi connectivity index (χ4v) is 2.81. The lowest BCUT2D eigenvalue weighted by atomic mass is 10.1. The highest BCUT2D eigenvalue weighted by Gasteiger charge is 2.32. The first-order valence-electron chi connectivity index (χ1n) is 9.01.